The smallest absolute Gasteiger partial charge is 0.276 e. The van der Waals surface area contributed by atoms with E-state index < -0.39 is 0 Å². The largest absolute Gasteiger partial charge is 0.355 e. The standard InChI is InChI=1S/C18H22N4O/c1-13-6-7-15(12-14(13)2)19-18(23)16-8-9-17(21-20-16)22-10-4-3-5-11-22/h6-9,12H,3-5,10-11H2,1-2H3,(H,19,23). The van der Waals surface area contributed by atoms with Crippen molar-refractivity contribution >= 4 is 17.4 Å². The molecule has 1 saturated heterocycles. The molecule has 1 amide bonds. The molecule has 3 rings (SSSR count). The number of amides is 1. The summed E-state index contributed by atoms with van der Waals surface area (Å²) in [4.78, 5) is 14.5. The van der Waals surface area contributed by atoms with E-state index in [0.717, 1.165) is 30.2 Å². The highest BCUT2D eigenvalue weighted by Gasteiger charge is 2.14. The molecule has 0 bridgehead atoms. The summed E-state index contributed by atoms with van der Waals surface area (Å²) >= 11 is 0. The summed E-state index contributed by atoms with van der Waals surface area (Å²) in [6.45, 7) is 6.11. The zero-order chi connectivity index (χ0) is 16.2. The van der Waals surface area contributed by atoms with Gasteiger partial charge in [-0.2, -0.15) is 0 Å². The first kappa shape index (κ1) is 15.5. The zero-order valence-electron chi connectivity index (χ0n) is 13.7. The van der Waals surface area contributed by atoms with Gasteiger partial charge in [0.05, 0.1) is 0 Å². The van der Waals surface area contributed by atoms with Crippen LogP contribution >= 0.6 is 0 Å². The van der Waals surface area contributed by atoms with E-state index in [9.17, 15) is 4.79 Å². The molecule has 0 aliphatic carbocycles. The maximum absolute atomic E-state index is 12.3. The molecule has 1 aromatic carbocycles. The minimum atomic E-state index is -0.231. The number of rotatable bonds is 3. The quantitative estimate of drug-likeness (QED) is 0.944. The van der Waals surface area contributed by atoms with Crippen LogP contribution in [0.15, 0.2) is 30.3 Å². The molecular formula is C18H22N4O. The predicted molar refractivity (Wildman–Crippen MR) is 92.0 cm³/mol. The molecule has 23 heavy (non-hydrogen) atoms. The van der Waals surface area contributed by atoms with Crippen LogP contribution in [0.3, 0.4) is 0 Å². The third kappa shape index (κ3) is 3.67. The van der Waals surface area contributed by atoms with Crippen LogP contribution in [0.5, 0.6) is 0 Å². The zero-order valence-corrected chi connectivity index (χ0v) is 13.7. The van der Waals surface area contributed by atoms with Gasteiger partial charge >= 0.3 is 0 Å². The summed E-state index contributed by atoms with van der Waals surface area (Å²) in [5.41, 5.74) is 3.46. The van der Waals surface area contributed by atoms with E-state index in [4.69, 9.17) is 0 Å². The van der Waals surface area contributed by atoms with Crippen LogP contribution in [0.1, 0.15) is 40.9 Å². The van der Waals surface area contributed by atoms with Gasteiger partial charge in [0.2, 0.25) is 0 Å². The van der Waals surface area contributed by atoms with Gasteiger partial charge in [0, 0.05) is 18.8 Å². The van der Waals surface area contributed by atoms with E-state index >= 15 is 0 Å². The van der Waals surface area contributed by atoms with E-state index in [0.29, 0.717) is 5.69 Å². The van der Waals surface area contributed by atoms with Crippen LogP contribution in [0.25, 0.3) is 0 Å². The lowest BCUT2D eigenvalue weighted by molar-refractivity contribution is 0.102. The average molecular weight is 310 g/mol. The number of aromatic nitrogens is 2. The molecule has 1 fully saturated rings. The highest BCUT2D eigenvalue weighted by Crippen LogP contribution is 2.18. The first-order chi connectivity index (χ1) is 11.1. The van der Waals surface area contributed by atoms with Gasteiger partial charge in [0.1, 0.15) is 0 Å². The normalized spacial score (nSPS) is 14.6. The molecule has 1 aliphatic rings. The highest BCUT2D eigenvalue weighted by molar-refractivity contribution is 6.02. The lowest BCUT2D eigenvalue weighted by Gasteiger charge is -2.27. The SMILES string of the molecule is Cc1ccc(NC(=O)c2ccc(N3CCCCC3)nn2)cc1C. The van der Waals surface area contributed by atoms with Crippen LogP contribution in [-0.4, -0.2) is 29.2 Å². The first-order valence-electron chi connectivity index (χ1n) is 8.11. The van der Waals surface area contributed by atoms with Crippen molar-refractivity contribution in [3.8, 4) is 0 Å². The molecular weight excluding hydrogens is 288 g/mol. The molecule has 0 unspecified atom stereocenters. The minimum Gasteiger partial charge on any atom is -0.355 e. The van der Waals surface area contributed by atoms with Crippen molar-refractivity contribution in [2.24, 2.45) is 0 Å². The molecule has 1 N–H and O–H groups in total. The van der Waals surface area contributed by atoms with Crippen LogP contribution in [0.4, 0.5) is 11.5 Å². The van der Waals surface area contributed by atoms with Crippen molar-refractivity contribution in [1.29, 1.82) is 0 Å². The van der Waals surface area contributed by atoms with Crippen molar-refractivity contribution in [2.75, 3.05) is 23.3 Å². The highest BCUT2D eigenvalue weighted by atomic mass is 16.1. The third-order valence-corrected chi connectivity index (χ3v) is 4.33. The molecule has 5 nitrogen and oxygen atoms in total. The molecule has 0 saturated carbocycles. The average Bonchev–Trinajstić information content (AvgIpc) is 2.59. The minimum absolute atomic E-state index is 0.231. The lowest BCUT2D eigenvalue weighted by atomic mass is 10.1. The fourth-order valence-corrected chi connectivity index (χ4v) is 2.75. The van der Waals surface area contributed by atoms with E-state index in [2.05, 4.69) is 20.4 Å². The Kier molecular flexibility index (Phi) is 4.55. The number of benzene rings is 1. The number of hydrogen-bond acceptors (Lipinski definition) is 4. The van der Waals surface area contributed by atoms with Crippen LogP contribution < -0.4 is 10.2 Å². The fourth-order valence-electron chi connectivity index (χ4n) is 2.75. The third-order valence-electron chi connectivity index (χ3n) is 4.33. The molecule has 2 heterocycles. The van der Waals surface area contributed by atoms with Crippen molar-refractivity contribution in [1.82, 2.24) is 10.2 Å². The number of anilines is 2. The first-order valence-corrected chi connectivity index (χ1v) is 8.11. The van der Waals surface area contributed by atoms with Crippen LogP contribution in [-0.2, 0) is 0 Å². The second-order valence-electron chi connectivity index (χ2n) is 6.08. The van der Waals surface area contributed by atoms with Gasteiger partial charge in [-0.25, -0.2) is 0 Å². The topological polar surface area (TPSA) is 58.1 Å². The van der Waals surface area contributed by atoms with E-state index in [-0.39, 0.29) is 5.91 Å². The van der Waals surface area contributed by atoms with Crippen molar-refractivity contribution in [3.63, 3.8) is 0 Å². The summed E-state index contributed by atoms with van der Waals surface area (Å²) < 4.78 is 0. The molecule has 5 heteroatoms. The van der Waals surface area contributed by atoms with Gasteiger partial charge in [-0.3, -0.25) is 4.79 Å². The van der Waals surface area contributed by atoms with Gasteiger partial charge in [0.25, 0.3) is 5.91 Å². The second-order valence-corrected chi connectivity index (χ2v) is 6.08. The Hall–Kier alpha value is -2.43. The van der Waals surface area contributed by atoms with E-state index in [1.54, 1.807) is 6.07 Å². The second kappa shape index (κ2) is 6.77. The summed E-state index contributed by atoms with van der Waals surface area (Å²) in [6, 6.07) is 9.48. The van der Waals surface area contributed by atoms with Crippen LogP contribution in [0, 0.1) is 13.8 Å². The monoisotopic (exact) mass is 310 g/mol. The van der Waals surface area contributed by atoms with Crippen LogP contribution in [0.2, 0.25) is 0 Å². The molecule has 1 aromatic heterocycles. The Morgan fingerprint density at radius 2 is 1.78 bits per heavy atom. The molecule has 1 aliphatic heterocycles. The Balaban J connectivity index is 1.68. The Labute approximate surface area is 136 Å². The molecule has 120 valence electrons. The summed E-state index contributed by atoms with van der Waals surface area (Å²) in [5.74, 6) is 0.623. The van der Waals surface area contributed by atoms with Gasteiger partial charge in [-0.15, -0.1) is 10.2 Å². The van der Waals surface area contributed by atoms with E-state index in [1.165, 1.54) is 24.8 Å². The molecule has 0 spiro atoms. The Bertz CT molecular complexity index is 691. The Morgan fingerprint density at radius 1 is 1.00 bits per heavy atom. The molecule has 2 aromatic rings. The molecule has 0 atom stereocenters. The number of piperidine rings is 1. The summed E-state index contributed by atoms with van der Waals surface area (Å²) in [5, 5.41) is 11.2. The summed E-state index contributed by atoms with van der Waals surface area (Å²) in [6.07, 6.45) is 3.66. The number of carbonyl (C=O) groups excluding carboxylic acids is 1. The van der Waals surface area contributed by atoms with Crippen molar-refractivity contribution in [3.05, 3.63) is 47.2 Å². The van der Waals surface area contributed by atoms with E-state index in [1.807, 2.05) is 38.1 Å². The Morgan fingerprint density at radius 3 is 2.43 bits per heavy atom. The van der Waals surface area contributed by atoms with Gasteiger partial charge in [0.15, 0.2) is 11.5 Å². The number of nitrogens with one attached hydrogen (secondary N) is 1. The van der Waals surface area contributed by atoms with Gasteiger partial charge in [-0.05, 0) is 68.5 Å². The summed E-state index contributed by atoms with van der Waals surface area (Å²) in [7, 11) is 0. The molecule has 0 radical (unpaired) electrons. The maximum Gasteiger partial charge on any atom is 0.276 e. The lowest BCUT2D eigenvalue weighted by Crippen LogP contribution is -2.30. The maximum atomic E-state index is 12.3. The number of nitrogens with zero attached hydrogens (tertiary/aromatic N) is 3. The van der Waals surface area contributed by atoms with Crippen molar-refractivity contribution < 1.29 is 4.79 Å². The van der Waals surface area contributed by atoms with Crippen molar-refractivity contribution in [2.45, 2.75) is 33.1 Å². The van der Waals surface area contributed by atoms with Gasteiger partial charge < -0.3 is 10.2 Å². The number of aryl methyl sites for hydroxylation is 2. The van der Waals surface area contributed by atoms with Gasteiger partial charge in [-0.1, -0.05) is 6.07 Å². The predicted octanol–water partition coefficient (Wildman–Crippen LogP) is 3.34. The fraction of sp³-hybridized carbons (Fsp3) is 0.389. The number of carbonyl (C=O) groups is 1. The number of hydrogen-bond donors (Lipinski definition) is 1.